The van der Waals surface area contributed by atoms with Crippen molar-refractivity contribution >= 4 is 15.7 Å². The van der Waals surface area contributed by atoms with Crippen molar-refractivity contribution in [2.45, 2.75) is 38.8 Å². The summed E-state index contributed by atoms with van der Waals surface area (Å²) in [6.07, 6.45) is 2.21. The van der Waals surface area contributed by atoms with Gasteiger partial charge in [-0.15, -0.1) is 0 Å². The summed E-state index contributed by atoms with van der Waals surface area (Å²) >= 11 is 0. The van der Waals surface area contributed by atoms with Gasteiger partial charge in [0.05, 0.1) is 11.5 Å². The topological polar surface area (TPSA) is 54.5 Å². The zero-order valence-electron chi connectivity index (χ0n) is 12.3. The lowest BCUT2D eigenvalue weighted by Crippen LogP contribution is -2.47. The number of fused-ring (bicyclic) bond motifs is 1. The normalized spacial score (nSPS) is 24.2. The molecular weight excluding hydrogens is 286 g/mol. The van der Waals surface area contributed by atoms with Gasteiger partial charge in [0.25, 0.3) is 0 Å². The highest BCUT2D eigenvalue weighted by molar-refractivity contribution is 7.92. The van der Waals surface area contributed by atoms with Crippen LogP contribution in [-0.4, -0.2) is 36.8 Å². The molecule has 0 spiro atoms. The molecule has 1 atom stereocenters. The van der Waals surface area contributed by atoms with Crippen LogP contribution in [-0.2, 0) is 27.6 Å². The molecule has 0 N–H and O–H groups in total. The summed E-state index contributed by atoms with van der Waals surface area (Å²) in [5.74, 6) is 0.494. The molecule has 0 aromatic heterocycles. The van der Waals surface area contributed by atoms with Crippen LogP contribution in [0.5, 0.6) is 0 Å². The second kappa shape index (κ2) is 5.44. The maximum Gasteiger partial charge on any atom is 0.223 e. The lowest BCUT2D eigenvalue weighted by molar-refractivity contribution is -0.135. The Hall–Kier alpha value is -1.36. The summed E-state index contributed by atoms with van der Waals surface area (Å²) in [4.78, 5) is 14.5. The summed E-state index contributed by atoms with van der Waals surface area (Å²) in [7, 11) is -2.85. The molecule has 1 aromatic carbocycles. The summed E-state index contributed by atoms with van der Waals surface area (Å²) in [5, 5.41) is 0. The van der Waals surface area contributed by atoms with Crippen LogP contribution in [0, 0.1) is 5.92 Å². The maximum absolute atomic E-state index is 12.5. The Labute approximate surface area is 126 Å². The van der Waals surface area contributed by atoms with Crippen LogP contribution in [0.3, 0.4) is 0 Å². The third-order valence-electron chi connectivity index (χ3n) is 4.59. The zero-order valence-corrected chi connectivity index (χ0v) is 13.1. The van der Waals surface area contributed by atoms with Crippen molar-refractivity contribution in [3.8, 4) is 0 Å². The molecule has 2 aliphatic rings. The first-order valence-electron chi connectivity index (χ1n) is 7.55. The van der Waals surface area contributed by atoms with Gasteiger partial charge in [-0.05, 0) is 29.9 Å². The molecule has 0 saturated carbocycles. The number of benzene rings is 1. The zero-order chi connectivity index (χ0) is 15.0. The number of amides is 1. The van der Waals surface area contributed by atoms with Crippen molar-refractivity contribution in [2.24, 2.45) is 5.92 Å². The van der Waals surface area contributed by atoms with Gasteiger partial charge < -0.3 is 4.90 Å². The predicted molar refractivity (Wildman–Crippen MR) is 81.5 cm³/mol. The van der Waals surface area contributed by atoms with Crippen LogP contribution in [0.1, 0.15) is 30.9 Å². The molecule has 2 heterocycles. The SMILES string of the molecule is CCC1Cc2ccccc2CN1C(=O)CC1CS(=O)(=O)C1. The molecular formula is C16H21NO3S. The molecule has 4 nitrogen and oxygen atoms in total. The fraction of sp³-hybridized carbons (Fsp3) is 0.562. The Morgan fingerprint density at radius 1 is 1.24 bits per heavy atom. The van der Waals surface area contributed by atoms with Crippen molar-refractivity contribution < 1.29 is 13.2 Å². The molecule has 21 heavy (non-hydrogen) atoms. The van der Waals surface area contributed by atoms with Gasteiger partial charge in [0.15, 0.2) is 9.84 Å². The van der Waals surface area contributed by atoms with Crippen molar-refractivity contribution in [2.75, 3.05) is 11.5 Å². The number of nitrogens with zero attached hydrogens (tertiary/aromatic N) is 1. The maximum atomic E-state index is 12.5. The molecule has 0 aliphatic carbocycles. The number of carbonyl (C=O) groups is 1. The van der Waals surface area contributed by atoms with Gasteiger partial charge in [-0.2, -0.15) is 0 Å². The monoisotopic (exact) mass is 307 g/mol. The quantitative estimate of drug-likeness (QED) is 0.855. The van der Waals surface area contributed by atoms with Crippen molar-refractivity contribution in [3.05, 3.63) is 35.4 Å². The van der Waals surface area contributed by atoms with E-state index in [9.17, 15) is 13.2 Å². The summed E-state index contributed by atoms with van der Waals surface area (Å²) in [6, 6.07) is 8.51. The van der Waals surface area contributed by atoms with Crippen molar-refractivity contribution in [1.29, 1.82) is 0 Å². The predicted octanol–water partition coefficient (Wildman–Crippen LogP) is 1.78. The molecule has 1 aromatic rings. The van der Waals surface area contributed by atoms with Gasteiger partial charge in [-0.1, -0.05) is 31.2 Å². The second-order valence-electron chi connectivity index (χ2n) is 6.20. The smallest absolute Gasteiger partial charge is 0.223 e. The van der Waals surface area contributed by atoms with E-state index in [0.29, 0.717) is 13.0 Å². The standard InChI is InChI=1S/C16H21NO3S/c1-2-15-8-13-5-3-4-6-14(13)9-17(15)16(18)7-12-10-21(19,20)11-12/h3-6,12,15H,2,7-11H2,1H3. The summed E-state index contributed by atoms with van der Waals surface area (Å²) in [6.45, 7) is 2.76. The molecule has 1 unspecified atom stereocenters. The molecule has 0 radical (unpaired) electrons. The van der Waals surface area contributed by atoms with Gasteiger partial charge in [0.1, 0.15) is 0 Å². The molecule has 3 rings (SSSR count). The molecule has 1 amide bonds. The average molecular weight is 307 g/mol. The summed E-state index contributed by atoms with van der Waals surface area (Å²) in [5.41, 5.74) is 2.55. The minimum Gasteiger partial charge on any atom is -0.335 e. The van der Waals surface area contributed by atoms with Crippen molar-refractivity contribution in [1.82, 2.24) is 4.90 Å². The van der Waals surface area contributed by atoms with E-state index in [1.165, 1.54) is 11.1 Å². The fourth-order valence-corrected chi connectivity index (χ4v) is 4.97. The van der Waals surface area contributed by atoms with E-state index in [-0.39, 0.29) is 29.4 Å². The van der Waals surface area contributed by atoms with Crippen LogP contribution in [0.4, 0.5) is 0 Å². The van der Waals surface area contributed by atoms with E-state index in [1.54, 1.807) is 0 Å². The van der Waals surface area contributed by atoms with Crippen LogP contribution < -0.4 is 0 Å². The third kappa shape index (κ3) is 2.98. The van der Waals surface area contributed by atoms with Gasteiger partial charge in [-0.3, -0.25) is 4.79 Å². The van der Waals surface area contributed by atoms with E-state index in [4.69, 9.17) is 0 Å². The highest BCUT2D eigenvalue weighted by Gasteiger charge is 2.37. The number of sulfone groups is 1. The molecule has 114 valence electrons. The minimum atomic E-state index is -2.85. The van der Waals surface area contributed by atoms with Crippen LogP contribution in [0.25, 0.3) is 0 Å². The van der Waals surface area contributed by atoms with Gasteiger partial charge in [0, 0.05) is 19.0 Å². The van der Waals surface area contributed by atoms with Gasteiger partial charge >= 0.3 is 0 Å². The first-order chi connectivity index (χ1) is 9.98. The molecule has 1 saturated heterocycles. The Bertz CT molecular complexity index is 641. The molecule has 0 bridgehead atoms. The Kier molecular flexibility index (Phi) is 3.78. The largest absolute Gasteiger partial charge is 0.335 e. The van der Waals surface area contributed by atoms with E-state index >= 15 is 0 Å². The number of hydrogen-bond acceptors (Lipinski definition) is 3. The Balaban J connectivity index is 1.70. The molecule has 5 heteroatoms. The third-order valence-corrected chi connectivity index (χ3v) is 6.55. The van der Waals surface area contributed by atoms with E-state index in [1.807, 2.05) is 17.0 Å². The second-order valence-corrected chi connectivity index (χ2v) is 8.36. The summed E-state index contributed by atoms with van der Waals surface area (Å²) < 4.78 is 22.4. The van der Waals surface area contributed by atoms with E-state index in [2.05, 4.69) is 19.1 Å². The Morgan fingerprint density at radius 3 is 2.52 bits per heavy atom. The fourth-order valence-electron chi connectivity index (χ4n) is 3.40. The van der Waals surface area contributed by atoms with Gasteiger partial charge in [-0.25, -0.2) is 8.42 Å². The number of carbonyl (C=O) groups excluding carboxylic acids is 1. The molecule has 2 aliphatic heterocycles. The first-order valence-corrected chi connectivity index (χ1v) is 9.37. The van der Waals surface area contributed by atoms with Gasteiger partial charge in [0.2, 0.25) is 5.91 Å². The highest BCUT2D eigenvalue weighted by Crippen LogP contribution is 2.28. The minimum absolute atomic E-state index is 0.0252. The van der Waals surface area contributed by atoms with Crippen LogP contribution in [0.2, 0.25) is 0 Å². The molecule has 1 fully saturated rings. The lowest BCUT2D eigenvalue weighted by Gasteiger charge is -2.38. The van der Waals surface area contributed by atoms with Crippen molar-refractivity contribution in [3.63, 3.8) is 0 Å². The van der Waals surface area contributed by atoms with E-state index < -0.39 is 9.84 Å². The Morgan fingerprint density at radius 2 is 1.90 bits per heavy atom. The number of hydrogen-bond donors (Lipinski definition) is 0. The van der Waals surface area contributed by atoms with E-state index in [0.717, 1.165) is 12.8 Å². The lowest BCUT2D eigenvalue weighted by atomic mass is 9.92. The first kappa shape index (κ1) is 14.6. The number of rotatable bonds is 3. The van der Waals surface area contributed by atoms with Crippen LogP contribution in [0.15, 0.2) is 24.3 Å². The highest BCUT2D eigenvalue weighted by atomic mass is 32.2. The average Bonchev–Trinajstić information content (AvgIpc) is 2.43. The van der Waals surface area contributed by atoms with Crippen LogP contribution >= 0.6 is 0 Å².